The van der Waals surface area contributed by atoms with Crippen LogP contribution >= 0.6 is 11.6 Å². The van der Waals surface area contributed by atoms with Gasteiger partial charge in [-0.2, -0.15) is 0 Å². The Balaban J connectivity index is 1.92. The van der Waals surface area contributed by atoms with Crippen molar-refractivity contribution in [3.8, 4) is 0 Å². The van der Waals surface area contributed by atoms with Gasteiger partial charge in [0, 0.05) is 23.6 Å². The maximum Gasteiger partial charge on any atom is 0.245 e. The minimum Gasteiger partial charge on any atom is -0.377 e. The molecule has 7 heteroatoms. The van der Waals surface area contributed by atoms with Gasteiger partial charge in [0.05, 0.1) is 12.5 Å². The number of hydroxylamine groups is 1. The van der Waals surface area contributed by atoms with Crippen molar-refractivity contribution < 1.29 is 23.5 Å². The van der Waals surface area contributed by atoms with Gasteiger partial charge in [-0.05, 0) is 54.5 Å². The van der Waals surface area contributed by atoms with Crippen LogP contribution in [0, 0.1) is 17.6 Å². The zero-order valence-electron chi connectivity index (χ0n) is 15.2. The summed E-state index contributed by atoms with van der Waals surface area (Å²) < 4.78 is 34.0. The summed E-state index contributed by atoms with van der Waals surface area (Å²) in [6.45, 7) is 0.462. The Kier molecular flexibility index (Phi) is 6.99. The summed E-state index contributed by atoms with van der Waals surface area (Å²) in [6, 6.07) is 10.5. The number of hydrogen-bond donors (Lipinski definition) is 2. The first-order valence-corrected chi connectivity index (χ1v) is 9.58. The Morgan fingerprint density at radius 2 is 1.93 bits per heavy atom. The molecule has 1 aliphatic rings. The van der Waals surface area contributed by atoms with Crippen LogP contribution in [0.5, 0.6) is 0 Å². The molecule has 2 N–H and O–H groups in total. The molecule has 2 unspecified atom stereocenters. The van der Waals surface area contributed by atoms with Crippen LogP contribution in [0.2, 0.25) is 5.02 Å². The van der Waals surface area contributed by atoms with Crippen LogP contribution in [0.15, 0.2) is 42.5 Å². The molecule has 1 saturated carbocycles. The lowest BCUT2D eigenvalue weighted by atomic mass is 9.85. The standard InChI is InChI=1S/C21H22ClF2NO3/c22-15-5-3-13(4-6-15)9-18(17-8-7-16(23)10-19(17)24)20(11-21(26)25-27)28-12-14-1-2-14/h3-8,10,14,18,20,27H,1-2,9,11-12H2,(H,25,26). The first kappa shape index (κ1) is 20.7. The summed E-state index contributed by atoms with van der Waals surface area (Å²) in [6.07, 6.45) is 1.67. The van der Waals surface area contributed by atoms with Gasteiger partial charge in [0.1, 0.15) is 11.6 Å². The third-order valence-electron chi connectivity index (χ3n) is 4.93. The average molecular weight is 410 g/mol. The SMILES string of the molecule is O=C(CC(OCC1CC1)C(Cc1ccc(Cl)cc1)c1ccc(F)cc1F)NO. The summed E-state index contributed by atoms with van der Waals surface area (Å²) in [4.78, 5) is 11.8. The van der Waals surface area contributed by atoms with Crippen molar-refractivity contribution in [3.63, 3.8) is 0 Å². The highest BCUT2D eigenvalue weighted by Gasteiger charge is 2.31. The Hall–Kier alpha value is -2.02. The molecule has 3 rings (SSSR count). The van der Waals surface area contributed by atoms with Crippen molar-refractivity contribution in [2.45, 2.75) is 37.7 Å². The van der Waals surface area contributed by atoms with Crippen LogP contribution in [0.3, 0.4) is 0 Å². The fourth-order valence-corrected chi connectivity index (χ4v) is 3.33. The smallest absolute Gasteiger partial charge is 0.245 e. The van der Waals surface area contributed by atoms with Gasteiger partial charge in [-0.15, -0.1) is 0 Å². The van der Waals surface area contributed by atoms with Gasteiger partial charge in [0.25, 0.3) is 0 Å². The van der Waals surface area contributed by atoms with Gasteiger partial charge < -0.3 is 4.74 Å². The van der Waals surface area contributed by atoms with Crippen molar-refractivity contribution >= 4 is 17.5 Å². The van der Waals surface area contributed by atoms with Crippen LogP contribution in [-0.2, 0) is 16.0 Å². The number of rotatable bonds is 9. The van der Waals surface area contributed by atoms with Gasteiger partial charge >= 0.3 is 0 Å². The summed E-state index contributed by atoms with van der Waals surface area (Å²) in [5.41, 5.74) is 2.75. The van der Waals surface area contributed by atoms with Gasteiger partial charge in [-0.25, -0.2) is 14.3 Å². The van der Waals surface area contributed by atoms with Gasteiger partial charge in [-0.3, -0.25) is 10.0 Å². The largest absolute Gasteiger partial charge is 0.377 e. The molecule has 1 amide bonds. The maximum atomic E-state index is 14.6. The molecule has 150 valence electrons. The monoisotopic (exact) mass is 409 g/mol. The van der Waals surface area contributed by atoms with Crippen molar-refractivity contribution in [1.82, 2.24) is 5.48 Å². The van der Waals surface area contributed by atoms with E-state index in [0.717, 1.165) is 24.5 Å². The maximum absolute atomic E-state index is 14.6. The zero-order valence-corrected chi connectivity index (χ0v) is 16.0. The fraction of sp³-hybridized carbons (Fsp3) is 0.381. The number of carbonyl (C=O) groups is 1. The topological polar surface area (TPSA) is 58.6 Å². The molecule has 0 aliphatic heterocycles. The summed E-state index contributed by atoms with van der Waals surface area (Å²) in [7, 11) is 0. The van der Waals surface area contributed by atoms with Gasteiger partial charge in [0.15, 0.2) is 0 Å². The van der Waals surface area contributed by atoms with Crippen LogP contribution in [-0.4, -0.2) is 23.8 Å². The van der Waals surface area contributed by atoms with E-state index in [2.05, 4.69) is 0 Å². The van der Waals surface area contributed by atoms with Crippen molar-refractivity contribution in [3.05, 3.63) is 70.2 Å². The number of benzene rings is 2. The number of halogens is 3. The lowest BCUT2D eigenvalue weighted by molar-refractivity contribution is -0.132. The lowest BCUT2D eigenvalue weighted by Crippen LogP contribution is -2.32. The van der Waals surface area contributed by atoms with E-state index in [1.54, 1.807) is 17.6 Å². The van der Waals surface area contributed by atoms with E-state index in [9.17, 15) is 13.6 Å². The highest BCUT2D eigenvalue weighted by Crippen LogP contribution is 2.34. The molecule has 4 nitrogen and oxygen atoms in total. The van der Waals surface area contributed by atoms with Crippen LogP contribution in [0.4, 0.5) is 8.78 Å². The van der Waals surface area contributed by atoms with Crippen molar-refractivity contribution in [1.29, 1.82) is 0 Å². The van der Waals surface area contributed by atoms with E-state index in [4.69, 9.17) is 21.5 Å². The summed E-state index contributed by atoms with van der Waals surface area (Å²) in [5.74, 6) is -2.09. The second kappa shape index (κ2) is 9.45. The molecule has 0 heterocycles. The molecule has 0 radical (unpaired) electrons. The molecule has 28 heavy (non-hydrogen) atoms. The van der Waals surface area contributed by atoms with Gasteiger partial charge in [0.2, 0.25) is 5.91 Å². The van der Waals surface area contributed by atoms with E-state index in [1.807, 2.05) is 12.1 Å². The molecule has 2 aromatic carbocycles. The molecule has 0 spiro atoms. The van der Waals surface area contributed by atoms with E-state index in [-0.39, 0.29) is 12.0 Å². The molecule has 1 fully saturated rings. The van der Waals surface area contributed by atoms with E-state index >= 15 is 0 Å². The highest BCUT2D eigenvalue weighted by atomic mass is 35.5. The molecule has 0 saturated heterocycles. The number of ether oxygens (including phenoxy) is 1. The number of carbonyl (C=O) groups excluding carboxylic acids is 1. The third-order valence-corrected chi connectivity index (χ3v) is 5.19. The van der Waals surface area contributed by atoms with E-state index in [1.165, 1.54) is 12.1 Å². The number of nitrogens with one attached hydrogen (secondary N) is 1. The van der Waals surface area contributed by atoms with E-state index < -0.39 is 29.6 Å². The second-order valence-electron chi connectivity index (χ2n) is 7.16. The predicted octanol–water partition coefficient (Wildman–Crippen LogP) is 4.64. The minimum atomic E-state index is -0.691. The predicted molar refractivity (Wildman–Crippen MR) is 101 cm³/mol. The quantitative estimate of drug-likeness (QED) is 0.468. The first-order chi connectivity index (χ1) is 13.5. The lowest BCUT2D eigenvalue weighted by Gasteiger charge is -2.28. The van der Waals surface area contributed by atoms with Crippen LogP contribution < -0.4 is 5.48 Å². The summed E-state index contributed by atoms with van der Waals surface area (Å²) >= 11 is 5.94. The first-order valence-electron chi connectivity index (χ1n) is 9.20. The Bertz CT molecular complexity index is 812. The molecule has 2 aromatic rings. The summed E-state index contributed by atoms with van der Waals surface area (Å²) in [5, 5.41) is 9.52. The zero-order chi connectivity index (χ0) is 20.1. The fourth-order valence-electron chi connectivity index (χ4n) is 3.21. The van der Waals surface area contributed by atoms with Crippen molar-refractivity contribution in [2.75, 3.05) is 6.61 Å². The highest BCUT2D eigenvalue weighted by molar-refractivity contribution is 6.30. The number of hydrogen-bond acceptors (Lipinski definition) is 3. The van der Waals surface area contributed by atoms with Crippen LogP contribution in [0.1, 0.15) is 36.3 Å². The molecular formula is C21H22ClF2NO3. The van der Waals surface area contributed by atoms with Gasteiger partial charge in [-0.1, -0.05) is 29.8 Å². The van der Waals surface area contributed by atoms with Crippen molar-refractivity contribution in [2.24, 2.45) is 5.92 Å². The second-order valence-corrected chi connectivity index (χ2v) is 7.59. The Morgan fingerprint density at radius 1 is 1.21 bits per heavy atom. The molecule has 1 aliphatic carbocycles. The van der Waals surface area contributed by atoms with Crippen LogP contribution in [0.25, 0.3) is 0 Å². The van der Waals surface area contributed by atoms with E-state index in [0.29, 0.717) is 24.0 Å². The average Bonchev–Trinajstić information content (AvgIpc) is 3.49. The molecule has 0 bridgehead atoms. The third kappa shape index (κ3) is 5.74. The molecule has 2 atom stereocenters. The Labute approximate surface area is 167 Å². The molecular weight excluding hydrogens is 388 g/mol. The minimum absolute atomic E-state index is 0.141. The Morgan fingerprint density at radius 3 is 2.54 bits per heavy atom. The molecule has 0 aromatic heterocycles. The normalized spacial score (nSPS) is 15.9. The number of amides is 1.